The fraction of sp³-hybridized carbons (Fsp3) is 0.333. The lowest BCUT2D eigenvalue weighted by molar-refractivity contribution is 0.624. The number of benzene rings is 1. The summed E-state index contributed by atoms with van der Waals surface area (Å²) in [5.74, 6) is 0.778. The van der Waals surface area contributed by atoms with Gasteiger partial charge >= 0.3 is 0 Å². The van der Waals surface area contributed by atoms with E-state index in [1.807, 2.05) is 36.8 Å². The van der Waals surface area contributed by atoms with Gasteiger partial charge in [0, 0.05) is 44.1 Å². The molecule has 1 heterocycles. The van der Waals surface area contributed by atoms with E-state index in [4.69, 9.17) is 11.6 Å². The number of guanidine groups is 1. The Kier molecular flexibility index (Phi) is 6.09. The summed E-state index contributed by atoms with van der Waals surface area (Å²) in [6.45, 7) is 2.44. The van der Waals surface area contributed by atoms with Crippen LogP contribution in [0.3, 0.4) is 0 Å². The number of hydrogen-bond acceptors (Lipinski definition) is 2. The molecular formula is C15H20ClN5. The van der Waals surface area contributed by atoms with Gasteiger partial charge in [0.2, 0.25) is 0 Å². The van der Waals surface area contributed by atoms with E-state index >= 15 is 0 Å². The van der Waals surface area contributed by atoms with Crippen LogP contribution < -0.4 is 10.6 Å². The molecule has 0 fully saturated rings. The Morgan fingerprint density at radius 2 is 2.19 bits per heavy atom. The predicted molar refractivity (Wildman–Crippen MR) is 86.5 cm³/mol. The Balaban J connectivity index is 1.70. The minimum atomic E-state index is 0.654. The van der Waals surface area contributed by atoms with Gasteiger partial charge in [-0.1, -0.05) is 29.8 Å². The highest BCUT2D eigenvalue weighted by Gasteiger charge is 2.01. The van der Waals surface area contributed by atoms with Crippen molar-refractivity contribution in [3.63, 3.8) is 0 Å². The molecule has 0 saturated carbocycles. The Hall–Kier alpha value is -2.01. The van der Waals surface area contributed by atoms with Gasteiger partial charge in [-0.25, -0.2) is 4.98 Å². The third-order valence-electron chi connectivity index (χ3n) is 3.07. The second-order valence-corrected chi connectivity index (χ2v) is 5.01. The number of halogens is 1. The molecule has 6 heteroatoms. The average molecular weight is 306 g/mol. The monoisotopic (exact) mass is 305 g/mol. The first-order valence-corrected chi connectivity index (χ1v) is 7.31. The van der Waals surface area contributed by atoms with Crippen LogP contribution >= 0.6 is 11.6 Å². The van der Waals surface area contributed by atoms with Crippen molar-refractivity contribution in [2.75, 3.05) is 13.6 Å². The zero-order chi connectivity index (χ0) is 14.9. The van der Waals surface area contributed by atoms with E-state index < -0.39 is 0 Å². The van der Waals surface area contributed by atoms with Crippen LogP contribution in [0.2, 0.25) is 5.02 Å². The van der Waals surface area contributed by atoms with Crippen molar-refractivity contribution in [1.29, 1.82) is 0 Å². The fourth-order valence-electron chi connectivity index (χ4n) is 1.93. The Morgan fingerprint density at radius 3 is 2.90 bits per heavy atom. The molecule has 0 unspecified atom stereocenters. The van der Waals surface area contributed by atoms with Crippen molar-refractivity contribution in [3.05, 3.63) is 53.6 Å². The maximum Gasteiger partial charge on any atom is 0.191 e. The topological polar surface area (TPSA) is 54.2 Å². The van der Waals surface area contributed by atoms with Gasteiger partial charge in [-0.15, -0.1) is 0 Å². The normalized spacial score (nSPS) is 11.4. The summed E-state index contributed by atoms with van der Waals surface area (Å²) in [4.78, 5) is 8.22. The molecule has 2 aromatic rings. The van der Waals surface area contributed by atoms with Crippen LogP contribution in [0.1, 0.15) is 12.0 Å². The predicted octanol–water partition coefficient (Wildman–Crippen LogP) is 2.29. The van der Waals surface area contributed by atoms with Crippen molar-refractivity contribution >= 4 is 17.6 Å². The van der Waals surface area contributed by atoms with Crippen LogP contribution in [-0.4, -0.2) is 29.1 Å². The summed E-state index contributed by atoms with van der Waals surface area (Å²) < 4.78 is 2.06. The molecule has 0 aliphatic heterocycles. The van der Waals surface area contributed by atoms with Crippen LogP contribution in [0.4, 0.5) is 0 Å². The van der Waals surface area contributed by atoms with Gasteiger partial charge in [-0.05, 0) is 18.1 Å². The van der Waals surface area contributed by atoms with Crippen molar-refractivity contribution in [2.24, 2.45) is 4.99 Å². The van der Waals surface area contributed by atoms with Crippen LogP contribution in [0, 0.1) is 0 Å². The van der Waals surface area contributed by atoms with E-state index in [9.17, 15) is 0 Å². The van der Waals surface area contributed by atoms with E-state index in [1.165, 1.54) is 0 Å². The first-order valence-electron chi connectivity index (χ1n) is 6.93. The molecular weight excluding hydrogens is 286 g/mol. The van der Waals surface area contributed by atoms with E-state index in [2.05, 4.69) is 25.2 Å². The zero-order valence-corrected chi connectivity index (χ0v) is 12.8. The van der Waals surface area contributed by atoms with Crippen LogP contribution in [0.15, 0.2) is 48.0 Å². The SMILES string of the molecule is CN=C(NCCCn1ccnc1)NCc1ccccc1Cl. The molecule has 21 heavy (non-hydrogen) atoms. The fourth-order valence-corrected chi connectivity index (χ4v) is 2.13. The van der Waals surface area contributed by atoms with Crippen LogP contribution in [0.5, 0.6) is 0 Å². The zero-order valence-electron chi connectivity index (χ0n) is 12.1. The van der Waals surface area contributed by atoms with E-state index in [0.717, 1.165) is 36.1 Å². The van der Waals surface area contributed by atoms with E-state index in [1.54, 1.807) is 13.2 Å². The lowest BCUT2D eigenvalue weighted by Gasteiger charge is -2.12. The summed E-state index contributed by atoms with van der Waals surface area (Å²) >= 11 is 6.13. The summed E-state index contributed by atoms with van der Waals surface area (Å²) in [7, 11) is 1.76. The van der Waals surface area contributed by atoms with Gasteiger partial charge < -0.3 is 15.2 Å². The highest BCUT2D eigenvalue weighted by Crippen LogP contribution is 2.14. The van der Waals surface area contributed by atoms with E-state index in [0.29, 0.717) is 6.54 Å². The molecule has 0 saturated heterocycles. The lowest BCUT2D eigenvalue weighted by Crippen LogP contribution is -2.37. The van der Waals surface area contributed by atoms with Crippen molar-refractivity contribution in [1.82, 2.24) is 20.2 Å². The highest BCUT2D eigenvalue weighted by molar-refractivity contribution is 6.31. The smallest absolute Gasteiger partial charge is 0.191 e. The summed E-state index contributed by atoms with van der Waals surface area (Å²) in [6.07, 6.45) is 6.58. The highest BCUT2D eigenvalue weighted by atomic mass is 35.5. The van der Waals surface area contributed by atoms with Crippen molar-refractivity contribution < 1.29 is 0 Å². The van der Waals surface area contributed by atoms with Crippen LogP contribution in [-0.2, 0) is 13.1 Å². The second kappa shape index (κ2) is 8.32. The molecule has 1 aromatic carbocycles. The minimum Gasteiger partial charge on any atom is -0.356 e. The van der Waals surface area contributed by atoms with Gasteiger partial charge in [0.15, 0.2) is 5.96 Å². The molecule has 0 radical (unpaired) electrons. The number of aryl methyl sites for hydroxylation is 1. The van der Waals surface area contributed by atoms with Crippen molar-refractivity contribution in [2.45, 2.75) is 19.5 Å². The molecule has 0 atom stereocenters. The molecule has 0 aliphatic carbocycles. The Morgan fingerprint density at radius 1 is 1.33 bits per heavy atom. The molecule has 2 rings (SSSR count). The summed E-state index contributed by atoms with van der Waals surface area (Å²) in [6, 6.07) is 7.79. The van der Waals surface area contributed by atoms with E-state index in [-0.39, 0.29) is 0 Å². The van der Waals surface area contributed by atoms with Crippen molar-refractivity contribution in [3.8, 4) is 0 Å². The minimum absolute atomic E-state index is 0.654. The molecule has 0 spiro atoms. The van der Waals surface area contributed by atoms with Gasteiger partial charge in [-0.3, -0.25) is 4.99 Å². The number of imidazole rings is 1. The number of hydrogen-bond donors (Lipinski definition) is 2. The number of aromatic nitrogens is 2. The number of nitrogens with one attached hydrogen (secondary N) is 2. The third kappa shape index (κ3) is 5.11. The maximum atomic E-state index is 6.13. The maximum absolute atomic E-state index is 6.13. The molecule has 5 nitrogen and oxygen atoms in total. The Labute approximate surface area is 130 Å². The molecule has 2 N–H and O–H groups in total. The largest absolute Gasteiger partial charge is 0.356 e. The first-order chi connectivity index (χ1) is 10.3. The molecule has 0 bridgehead atoms. The van der Waals surface area contributed by atoms with Gasteiger partial charge in [0.05, 0.1) is 6.33 Å². The van der Waals surface area contributed by atoms with Gasteiger partial charge in [-0.2, -0.15) is 0 Å². The van der Waals surface area contributed by atoms with Gasteiger partial charge in [0.1, 0.15) is 0 Å². The molecule has 0 amide bonds. The summed E-state index contributed by atoms with van der Waals surface area (Å²) in [5, 5.41) is 7.30. The number of rotatable bonds is 6. The average Bonchev–Trinajstić information content (AvgIpc) is 3.01. The van der Waals surface area contributed by atoms with Gasteiger partial charge in [0.25, 0.3) is 0 Å². The quantitative estimate of drug-likeness (QED) is 0.489. The lowest BCUT2D eigenvalue weighted by atomic mass is 10.2. The third-order valence-corrected chi connectivity index (χ3v) is 3.44. The molecule has 0 aliphatic rings. The standard InChI is InChI=1S/C15H20ClN5/c1-17-15(19-7-4-9-21-10-8-18-12-21)20-11-13-5-2-3-6-14(13)16/h2-3,5-6,8,10,12H,4,7,9,11H2,1H3,(H2,17,19,20). The Bertz CT molecular complexity index is 565. The second-order valence-electron chi connectivity index (χ2n) is 4.60. The number of aliphatic imine (C=N–C) groups is 1. The molecule has 1 aromatic heterocycles. The number of nitrogens with zero attached hydrogens (tertiary/aromatic N) is 3. The summed E-state index contributed by atoms with van der Waals surface area (Å²) in [5.41, 5.74) is 1.06. The van der Waals surface area contributed by atoms with Crippen LogP contribution in [0.25, 0.3) is 0 Å². The molecule has 112 valence electrons. The first kappa shape index (κ1) is 15.4.